The summed E-state index contributed by atoms with van der Waals surface area (Å²) in [6, 6.07) is 19.1. The van der Waals surface area contributed by atoms with E-state index in [1.807, 2.05) is 24.3 Å². The quantitative estimate of drug-likeness (QED) is 0.468. The Morgan fingerprint density at radius 3 is 1.93 bits per heavy atom. The van der Waals surface area contributed by atoms with Gasteiger partial charge in [-0.1, -0.05) is 62.2 Å². The summed E-state index contributed by atoms with van der Waals surface area (Å²) in [5.74, 6) is -0.586. The lowest BCUT2D eigenvalue weighted by molar-refractivity contribution is 0.101. The minimum atomic E-state index is -0.363. The molecule has 3 rings (SSSR count). The van der Waals surface area contributed by atoms with E-state index >= 15 is 0 Å². The number of anilines is 2. The Bertz CT molecular complexity index is 1090. The van der Waals surface area contributed by atoms with Gasteiger partial charge in [-0.05, 0) is 59.5 Å². The van der Waals surface area contributed by atoms with E-state index in [0.717, 1.165) is 5.56 Å². The van der Waals surface area contributed by atoms with Gasteiger partial charge >= 0.3 is 0 Å². The molecule has 0 radical (unpaired) electrons. The number of rotatable bonds is 4. The summed E-state index contributed by atoms with van der Waals surface area (Å²) in [4.78, 5) is 25.1. The number of carbonyl (C=O) groups is 2. The minimum absolute atomic E-state index is 0.0223. The van der Waals surface area contributed by atoms with Gasteiger partial charge in [-0.3, -0.25) is 9.59 Å². The molecule has 154 valence electrons. The monoisotopic (exact) mass is 440 g/mol. The standard InChI is InChI=1S/C24H22Cl2N2O2/c1-24(2,3)16-9-7-15(8-10-16)22(29)27-18-5-4-6-19(14-18)28-23(30)20-12-11-17(25)13-21(20)26/h4-14H,1-3H3,(H,27,29)(H,28,30). The van der Waals surface area contributed by atoms with E-state index < -0.39 is 0 Å². The summed E-state index contributed by atoms with van der Waals surface area (Å²) in [7, 11) is 0. The molecule has 0 heterocycles. The number of halogens is 2. The predicted molar refractivity (Wildman–Crippen MR) is 124 cm³/mol. The van der Waals surface area contributed by atoms with Crippen molar-refractivity contribution in [3.05, 3.63) is 93.5 Å². The zero-order valence-corrected chi connectivity index (χ0v) is 18.4. The average Bonchev–Trinajstić information content (AvgIpc) is 2.67. The first-order chi connectivity index (χ1) is 14.1. The third kappa shape index (κ3) is 5.41. The van der Waals surface area contributed by atoms with Crippen LogP contribution in [0.4, 0.5) is 11.4 Å². The normalized spacial score (nSPS) is 11.1. The lowest BCUT2D eigenvalue weighted by atomic mass is 9.87. The second kappa shape index (κ2) is 8.90. The summed E-state index contributed by atoms with van der Waals surface area (Å²) in [5.41, 5.74) is 3.16. The van der Waals surface area contributed by atoms with Gasteiger partial charge in [0.05, 0.1) is 10.6 Å². The second-order valence-corrected chi connectivity index (χ2v) is 8.78. The van der Waals surface area contributed by atoms with Crippen LogP contribution in [0.25, 0.3) is 0 Å². The third-order valence-electron chi connectivity index (χ3n) is 4.57. The molecule has 2 N–H and O–H groups in total. The van der Waals surface area contributed by atoms with E-state index in [2.05, 4.69) is 31.4 Å². The van der Waals surface area contributed by atoms with Crippen molar-refractivity contribution in [3.8, 4) is 0 Å². The maximum atomic E-state index is 12.6. The summed E-state index contributed by atoms with van der Waals surface area (Å²) in [6.45, 7) is 6.37. The molecule has 0 bridgehead atoms. The van der Waals surface area contributed by atoms with Gasteiger partial charge in [-0.25, -0.2) is 0 Å². The molecule has 0 atom stereocenters. The summed E-state index contributed by atoms with van der Waals surface area (Å²) < 4.78 is 0. The van der Waals surface area contributed by atoms with Gasteiger partial charge in [-0.15, -0.1) is 0 Å². The van der Waals surface area contributed by atoms with Gasteiger partial charge in [0.2, 0.25) is 0 Å². The molecule has 0 aromatic heterocycles. The number of hydrogen-bond acceptors (Lipinski definition) is 2. The lowest BCUT2D eigenvalue weighted by Gasteiger charge is -2.19. The topological polar surface area (TPSA) is 58.2 Å². The largest absolute Gasteiger partial charge is 0.322 e. The first-order valence-corrected chi connectivity index (χ1v) is 10.2. The molecule has 3 aromatic rings. The molecule has 4 nitrogen and oxygen atoms in total. The van der Waals surface area contributed by atoms with Crippen molar-refractivity contribution in [1.29, 1.82) is 0 Å². The number of nitrogens with one attached hydrogen (secondary N) is 2. The first kappa shape index (κ1) is 21.9. The molecule has 0 aliphatic heterocycles. The molecule has 0 unspecified atom stereocenters. The van der Waals surface area contributed by atoms with Crippen molar-refractivity contribution in [2.45, 2.75) is 26.2 Å². The van der Waals surface area contributed by atoms with Crippen LogP contribution in [0.3, 0.4) is 0 Å². The highest BCUT2D eigenvalue weighted by Crippen LogP contribution is 2.24. The molecule has 30 heavy (non-hydrogen) atoms. The van der Waals surface area contributed by atoms with Crippen LogP contribution >= 0.6 is 23.2 Å². The maximum absolute atomic E-state index is 12.6. The fourth-order valence-corrected chi connectivity index (χ4v) is 3.37. The van der Waals surface area contributed by atoms with Crippen molar-refractivity contribution in [2.24, 2.45) is 0 Å². The molecule has 0 saturated carbocycles. The van der Waals surface area contributed by atoms with Gasteiger partial charge in [0.15, 0.2) is 0 Å². The Balaban J connectivity index is 1.70. The van der Waals surface area contributed by atoms with Crippen LogP contribution in [0.5, 0.6) is 0 Å². The maximum Gasteiger partial charge on any atom is 0.257 e. The number of hydrogen-bond donors (Lipinski definition) is 2. The van der Waals surface area contributed by atoms with Crippen LogP contribution in [-0.2, 0) is 5.41 Å². The number of benzene rings is 3. The zero-order valence-electron chi connectivity index (χ0n) is 16.9. The minimum Gasteiger partial charge on any atom is -0.322 e. The second-order valence-electron chi connectivity index (χ2n) is 7.94. The molecule has 0 aliphatic carbocycles. The highest BCUT2D eigenvalue weighted by molar-refractivity contribution is 6.37. The van der Waals surface area contributed by atoms with Gasteiger partial charge in [0.25, 0.3) is 11.8 Å². The van der Waals surface area contributed by atoms with Crippen LogP contribution in [0.2, 0.25) is 10.0 Å². The van der Waals surface area contributed by atoms with Crippen LogP contribution in [0.15, 0.2) is 66.7 Å². The van der Waals surface area contributed by atoms with Gasteiger partial charge in [0, 0.05) is 22.0 Å². The fourth-order valence-electron chi connectivity index (χ4n) is 2.87. The van der Waals surface area contributed by atoms with Crippen LogP contribution in [0, 0.1) is 0 Å². The van der Waals surface area contributed by atoms with Crippen LogP contribution in [-0.4, -0.2) is 11.8 Å². The molecule has 2 amide bonds. The van der Waals surface area contributed by atoms with Crippen molar-refractivity contribution >= 4 is 46.4 Å². The van der Waals surface area contributed by atoms with Crippen LogP contribution in [0.1, 0.15) is 47.1 Å². The highest BCUT2D eigenvalue weighted by atomic mass is 35.5. The zero-order chi connectivity index (χ0) is 21.9. The van der Waals surface area contributed by atoms with E-state index in [0.29, 0.717) is 27.5 Å². The molecule has 0 saturated heterocycles. The summed E-state index contributed by atoms with van der Waals surface area (Å²) >= 11 is 12.0. The van der Waals surface area contributed by atoms with E-state index in [1.165, 1.54) is 6.07 Å². The summed E-state index contributed by atoms with van der Waals surface area (Å²) in [5, 5.41) is 6.36. The van der Waals surface area contributed by atoms with Crippen molar-refractivity contribution in [2.75, 3.05) is 10.6 Å². The highest BCUT2D eigenvalue weighted by Gasteiger charge is 2.15. The Morgan fingerprint density at radius 2 is 1.37 bits per heavy atom. The Hall–Kier alpha value is -2.82. The van der Waals surface area contributed by atoms with E-state index in [-0.39, 0.29) is 22.3 Å². The van der Waals surface area contributed by atoms with Crippen molar-refractivity contribution < 1.29 is 9.59 Å². The molecular weight excluding hydrogens is 419 g/mol. The first-order valence-electron chi connectivity index (χ1n) is 9.42. The molecular formula is C24H22Cl2N2O2. The predicted octanol–water partition coefficient (Wildman–Crippen LogP) is 6.80. The SMILES string of the molecule is CC(C)(C)c1ccc(C(=O)Nc2cccc(NC(=O)c3ccc(Cl)cc3Cl)c2)cc1. The Kier molecular flexibility index (Phi) is 6.49. The number of carbonyl (C=O) groups excluding carboxylic acids is 2. The average molecular weight is 441 g/mol. The Morgan fingerprint density at radius 1 is 0.767 bits per heavy atom. The number of amides is 2. The van der Waals surface area contributed by atoms with E-state index in [9.17, 15) is 9.59 Å². The molecule has 0 spiro atoms. The molecule has 6 heteroatoms. The van der Waals surface area contributed by atoms with Gasteiger partial charge in [0.1, 0.15) is 0 Å². The van der Waals surface area contributed by atoms with E-state index in [1.54, 1.807) is 36.4 Å². The van der Waals surface area contributed by atoms with Crippen molar-refractivity contribution in [1.82, 2.24) is 0 Å². The molecule has 0 aliphatic rings. The Labute approximate surface area is 186 Å². The van der Waals surface area contributed by atoms with Gasteiger partial charge < -0.3 is 10.6 Å². The smallest absolute Gasteiger partial charge is 0.257 e. The third-order valence-corrected chi connectivity index (χ3v) is 5.11. The fraction of sp³-hybridized carbons (Fsp3) is 0.167. The van der Waals surface area contributed by atoms with Crippen LogP contribution < -0.4 is 10.6 Å². The molecule has 3 aromatic carbocycles. The molecule has 0 fully saturated rings. The van der Waals surface area contributed by atoms with E-state index in [4.69, 9.17) is 23.2 Å². The van der Waals surface area contributed by atoms with Crippen molar-refractivity contribution in [3.63, 3.8) is 0 Å². The summed E-state index contributed by atoms with van der Waals surface area (Å²) in [6.07, 6.45) is 0. The van der Waals surface area contributed by atoms with Gasteiger partial charge in [-0.2, -0.15) is 0 Å². The lowest BCUT2D eigenvalue weighted by Crippen LogP contribution is -2.15.